The van der Waals surface area contributed by atoms with Crippen LogP contribution in [0.2, 0.25) is 5.02 Å². The predicted molar refractivity (Wildman–Crippen MR) is 128 cm³/mol. The molecular formula is C25H21ClN2O4S. The van der Waals surface area contributed by atoms with Crippen molar-refractivity contribution >= 4 is 34.8 Å². The van der Waals surface area contributed by atoms with Crippen molar-refractivity contribution < 1.29 is 14.3 Å². The minimum absolute atomic E-state index is 0.0451. The molecule has 2 heterocycles. The number of fused-ring (bicyclic) bond motifs is 1. The highest BCUT2D eigenvalue weighted by Gasteiger charge is 2.34. The number of hydrogen-bond donors (Lipinski definition) is 0. The Morgan fingerprint density at radius 3 is 2.61 bits per heavy atom. The Morgan fingerprint density at radius 1 is 1.09 bits per heavy atom. The molecule has 3 aromatic rings. The molecule has 0 radical (unpaired) electrons. The number of carbonyl (C=O) groups excluding carboxylic acids is 1. The van der Waals surface area contributed by atoms with Crippen molar-refractivity contribution in [2.75, 3.05) is 14.2 Å². The lowest BCUT2D eigenvalue weighted by molar-refractivity contribution is -0.116. The number of rotatable bonds is 4. The van der Waals surface area contributed by atoms with Gasteiger partial charge in [-0.1, -0.05) is 47.2 Å². The average Bonchev–Trinajstić information content (AvgIpc) is 3.13. The molecule has 2 aromatic carbocycles. The zero-order valence-electron chi connectivity index (χ0n) is 18.1. The molecule has 1 atom stereocenters. The minimum Gasteiger partial charge on any atom is -0.493 e. The van der Waals surface area contributed by atoms with Crippen LogP contribution in [0.5, 0.6) is 11.5 Å². The van der Waals surface area contributed by atoms with Crippen molar-refractivity contribution in [1.82, 2.24) is 4.57 Å². The molecule has 0 spiro atoms. The number of benzene rings is 2. The van der Waals surface area contributed by atoms with Crippen molar-refractivity contribution in [2.24, 2.45) is 4.99 Å². The maximum absolute atomic E-state index is 13.7. The van der Waals surface area contributed by atoms with Gasteiger partial charge in [0, 0.05) is 22.6 Å². The van der Waals surface area contributed by atoms with Gasteiger partial charge in [-0.05, 0) is 42.7 Å². The lowest BCUT2D eigenvalue weighted by Gasteiger charge is -2.28. The van der Waals surface area contributed by atoms with E-state index in [9.17, 15) is 9.59 Å². The minimum atomic E-state index is -0.518. The van der Waals surface area contributed by atoms with Gasteiger partial charge in [-0.15, -0.1) is 0 Å². The third-order valence-electron chi connectivity index (χ3n) is 5.93. The summed E-state index contributed by atoms with van der Waals surface area (Å²) in [4.78, 5) is 31.9. The van der Waals surface area contributed by atoms with E-state index in [0.29, 0.717) is 37.8 Å². The second-order valence-electron chi connectivity index (χ2n) is 7.85. The van der Waals surface area contributed by atoms with E-state index in [1.54, 1.807) is 43.1 Å². The van der Waals surface area contributed by atoms with E-state index >= 15 is 0 Å². The molecule has 0 N–H and O–H groups in total. The maximum Gasteiger partial charge on any atom is 0.271 e. The molecular weight excluding hydrogens is 460 g/mol. The monoisotopic (exact) mass is 480 g/mol. The van der Waals surface area contributed by atoms with Crippen LogP contribution in [-0.2, 0) is 4.79 Å². The summed E-state index contributed by atoms with van der Waals surface area (Å²) in [5.74, 6) is 1.18. The topological polar surface area (TPSA) is 69.9 Å². The van der Waals surface area contributed by atoms with Crippen LogP contribution in [0.4, 0.5) is 0 Å². The Bertz CT molecular complexity index is 1470. The lowest BCUT2D eigenvalue weighted by Crippen LogP contribution is -2.40. The number of thiazole rings is 1. The van der Waals surface area contributed by atoms with Gasteiger partial charge in [0.2, 0.25) is 0 Å². The Balaban J connectivity index is 1.75. The van der Waals surface area contributed by atoms with Gasteiger partial charge in [-0.3, -0.25) is 14.2 Å². The first-order chi connectivity index (χ1) is 16.0. The van der Waals surface area contributed by atoms with E-state index in [1.165, 1.54) is 11.3 Å². The number of halogens is 1. The fraction of sp³-hybridized carbons (Fsp3) is 0.240. The first kappa shape index (κ1) is 21.7. The number of Topliss-reactive ketones (excluding diaryl/α,β-unsaturated/α-hetero) is 1. The summed E-state index contributed by atoms with van der Waals surface area (Å²) in [5, 5.41) is 0.598. The lowest BCUT2D eigenvalue weighted by atomic mass is 9.86. The molecule has 0 amide bonds. The van der Waals surface area contributed by atoms with Crippen LogP contribution in [-0.4, -0.2) is 24.6 Å². The van der Waals surface area contributed by atoms with Gasteiger partial charge in [-0.25, -0.2) is 4.99 Å². The smallest absolute Gasteiger partial charge is 0.271 e. The molecule has 0 saturated carbocycles. The van der Waals surface area contributed by atoms with Gasteiger partial charge in [0.15, 0.2) is 22.1 Å². The van der Waals surface area contributed by atoms with Crippen LogP contribution < -0.4 is 24.4 Å². The van der Waals surface area contributed by atoms with Crippen molar-refractivity contribution in [3.05, 3.63) is 89.6 Å². The van der Waals surface area contributed by atoms with Crippen molar-refractivity contribution in [3.63, 3.8) is 0 Å². The highest BCUT2D eigenvalue weighted by Crippen LogP contribution is 2.36. The second kappa shape index (κ2) is 8.65. The highest BCUT2D eigenvalue weighted by molar-refractivity contribution is 7.07. The number of ether oxygens (including phenoxy) is 2. The first-order valence-electron chi connectivity index (χ1n) is 10.6. The van der Waals surface area contributed by atoms with Crippen molar-refractivity contribution in [2.45, 2.75) is 25.3 Å². The van der Waals surface area contributed by atoms with E-state index in [4.69, 9.17) is 26.1 Å². The Hall–Kier alpha value is -3.16. The zero-order chi connectivity index (χ0) is 23.1. The molecule has 168 valence electrons. The van der Waals surface area contributed by atoms with Crippen LogP contribution in [0.25, 0.3) is 6.08 Å². The van der Waals surface area contributed by atoms with E-state index in [1.807, 2.05) is 24.3 Å². The molecule has 2 aliphatic rings. The SMILES string of the molecule is COc1cccc(C=c2sc3n(c2=O)C(c2ccc(Cl)cc2)C2=C(CCCC2=O)N=3)c1OC. The second-order valence-corrected chi connectivity index (χ2v) is 9.30. The molecule has 6 nitrogen and oxygen atoms in total. The fourth-order valence-corrected chi connectivity index (χ4v) is 5.57. The van der Waals surface area contributed by atoms with E-state index in [-0.39, 0.29) is 11.3 Å². The number of hydrogen-bond acceptors (Lipinski definition) is 6. The van der Waals surface area contributed by atoms with Gasteiger partial charge in [0.1, 0.15) is 0 Å². The number of nitrogens with zero attached hydrogens (tertiary/aromatic N) is 2. The normalized spacial score (nSPS) is 18.0. The average molecular weight is 481 g/mol. The summed E-state index contributed by atoms with van der Waals surface area (Å²) in [7, 11) is 3.14. The number of allylic oxidation sites excluding steroid dienone is 2. The Kier molecular flexibility index (Phi) is 5.68. The van der Waals surface area contributed by atoms with Gasteiger partial charge < -0.3 is 9.47 Å². The quantitative estimate of drug-likeness (QED) is 0.571. The predicted octanol–water partition coefficient (Wildman–Crippen LogP) is 3.64. The number of para-hydroxylation sites is 1. The molecule has 1 aromatic heterocycles. The Morgan fingerprint density at radius 2 is 1.88 bits per heavy atom. The van der Waals surface area contributed by atoms with Gasteiger partial charge in [-0.2, -0.15) is 0 Å². The molecule has 0 fully saturated rings. The fourth-order valence-electron chi connectivity index (χ4n) is 4.44. The summed E-state index contributed by atoms with van der Waals surface area (Å²) >= 11 is 7.41. The number of methoxy groups -OCH3 is 2. The van der Waals surface area contributed by atoms with E-state index in [0.717, 1.165) is 29.7 Å². The van der Waals surface area contributed by atoms with Crippen LogP contribution >= 0.6 is 22.9 Å². The van der Waals surface area contributed by atoms with Gasteiger partial charge >= 0.3 is 0 Å². The largest absolute Gasteiger partial charge is 0.493 e. The molecule has 0 bridgehead atoms. The molecule has 33 heavy (non-hydrogen) atoms. The third-order valence-corrected chi connectivity index (χ3v) is 7.17. The Labute approximate surface area is 199 Å². The summed E-state index contributed by atoms with van der Waals surface area (Å²) in [6.45, 7) is 0. The summed E-state index contributed by atoms with van der Waals surface area (Å²) in [5.41, 5.74) is 2.75. The van der Waals surface area contributed by atoms with Crippen molar-refractivity contribution in [1.29, 1.82) is 0 Å². The van der Waals surface area contributed by atoms with Crippen LogP contribution in [0.15, 0.2) is 63.5 Å². The molecule has 1 aliphatic heterocycles. The molecule has 1 unspecified atom stereocenters. The van der Waals surface area contributed by atoms with Crippen molar-refractivity contribution in [3.8, 4) is 11.5 Å². The standard InChI is InChI=1S/C25H21ClN2O4S/c1-31-19-8-3-5-15(23(19)32-2)13-20-24(30)28-22(14-9-11-16(26)12-10-14)21-17(27-25(28)33-20)6-4-7-18(21)29/h3,5,8-13,22H,4,6-7H2,1-2H3. The molecule has 8 heteroatoms. The van der Waals surface area contributed by atoms with Crippen LogP contribution in [0, 0.1) is 0 Å². The van der Waals surface area contributed by atoms with Crippen LogP contribution in [0.3, 0.4) is 0 Å². The summed E-state index contributed by atoms with van der Waals surface area (Å²) in [6, 6.07) is 12.3. The maximum atomic E-state index is 13.7. The molecule has 0 saturated heterocycles. The number of ketones is 1. The molecule has 5 rings (SSSR count). The highest BCUT2D eigenvalue weighted by atomic mass is 35.5. The van der Waals surface area contributed by atoms with Gasteiger partial charge in [0.05, 0.1) is 30.5 Å². The summed E-state index contributed by atoms with van der Waals surface area (Å²) < 4.78 is 13.1. The van der Waals surface area contributed by atoms with E-state index < -0.39 is 6.04 Å². The third kappa shape index (κ3) is 3.71. The molecule has 1 aliphatic carbocycles. The summed E-state index contributed by atoms with van der Waals surface area (Å²) in [6.07, 6.45) is 3.74. The number of aromatic nitrogens is 1. The van der Waals surface area contributed by atoms with Crippen LogP contribution in [0.1, 0.15) is 36.4 Å². The zero-order valence-corrected chi connectivity index (χ0v) is 19.7. The van der Waals surface area contributed by atoms with E-state index in [2.05, 4.69) is 0 Å². The number of carbonyl (C=O) groups is 1. The first-order valence-corrected chi connectivity index (χ1v) is 11.8. The van der Waals surface area contributed by atoms with Gasteiger partial charge in [0.25, 0.3) is 5.56 Å².